The van der Waals surface area contributed by atoms with Crippen molar-refractivity contribution in [1.29, 1.82) is 0 Å². The SMILES string of the molecule is O=C(NCCCn1cccn1)C1CCC2C(C1)N(Cc1ccccc1)C(=O)C1CCNN12. The number of carbonyl (C=O) groups excluding carboxylic acids is 2. The predicted octanol–water partition coefficient (Wildman–Crippen LogP) is 1.55. The van der Waals surface area contributed by atoms with Gasteiger partial charge < -0.3 is 10.2 Å². The third kappa shape index (κ3) is 4.29. The molecule has 3 heterocycles. The maximum Gasteiger partial charge on any atom is 0.242 e. The van der Waals surface area contributed by atoms with E-state index < -0.39 is 0 Å². The Hall–Kier alpha value is -2.71. The Kier molecular flexibility index (Phi) is 6.23. The Bertz CT molecular complexity index is 918. The summed E-state index contributed by atoms with van der Waals surface area (Å²) in [5, 5.41) is 9.52. The molecular formula is C24H32N6O2. The molecule has 0 bridgehead atoms. The lowest BCUT2D eigenvalue weighted by Gasteiger charge is -2.51. The molecule has 3 fully saturated rings. The van der Waals surface area contributed by atoms with Crippen LogP contribution in [0.5, 0.6) is 0 Å². The average molecular weight is 437 g/mol. The van der Waals surface area contributed by atoms with Crippen molar-refractivity contribution < 1.29 is 9.59 Å². The maximum absolute atomic E-state index is 13.4. The zero-order chi connectivity index (χ0) is 21.9. The minimum Gasteiger partial charge on any atom is -0.356 e. The molecule has 2 aromatic rings. The molecule has 1 aromatic carbocycles. The van der Waals surface area contributed by atoms with Gasteiger partial charge in [0.15, 0.2) is 0 Å². The summed E-state index contributed by atoms with van der Waals surface area (Å²) in [4.78, 5) is 28.4. The number of carbonyl (C=O) groups is 2. The second-order valence-electron chi connectivity index (χ2n) is 9.13. The first-order chi connectivity index (χ1) is 15.7. The summed E-state index contributed by atoms with van der Waals surface area (Å²) >= 11 is 0. The molecule has 1 aliphatic carbocycles. The minimum absolute atomic E-state index is 0.0498. The van der Waals surface area contributed by atoms with E-state index in [9.17, 15) is 9.59 Å². The van der Waals surface area contributed by atoms with Crippen LogP contribution in [0.15, 0.2) is 48.8 Å². The number of hydrogen-bond acceptors (Lipinski definition) is 5. The van der Waals surface area contributed by atoms with Crippen LogP contribution in [0.3, 0.4) is 0 Å². The molecule has 2 aliphatic heterocycles. The summed E-state index contributed by atoms with van der Waals surface area (Å²) in [7, 11) is 0. The second kappa shape index (κ2) is 9.42. The fourth-order valence-corrected chi connectivity index (χ4v) is 5.56. The van der Waals surface area contributed by atoms with Gasteiger partial charge in [-0.1, -0.05) is 30.3 Å². The number of piperazine rings is 1. The zero-order valence-corrected chi connectivity index (χ0v) is 18.4. The number of aromatic nitrogens is 2. The molecule has 0 spiro atoms. The van der Waals surface area contributed by atoms with Gasteiger partial charge in [0.2, 0.25) is 11.8 Å². The van der Waals surface area contributed by atoms with E-state index in [4.69, 9.17) is 0 Å². The molecule has 2 amide bonds. The molecule has 3 aliphatic rings. The zero-order valence-electron chi connectivity index (χ0n) is 18.4. The molecule has 0 radical (unpaired) electrons. The van der Waals surface area contributed by atoms with E-state index in [1.165, 1.54) is 0 Å². The van der Waals surface area contributed by atoms with Crippen LogP contribution < -0.4 is 10.7 Å². The topological polar surface area (TPSA) is 82.5 Å². The molecule has 8 nitrogen and oxygen atoms in total. The lowest BCUT2D eigenvalue weighted by Crippen LogP contribution is -2.68. The Labute approximate surface area is 188 Å². The minimum atomic E-state index is -0.0763. The highest BCUT2D eigenvalue weighted by Crippen LogP contribution is 2.38. The van der Waals surface area contributed by atoms with Crippen molar-refractivity contribution in [1.82, 2.24) is 30.4 Å². The lowest BCUT2D eigenvalue weighted by molar-refractivity contribution is -0.157. The smallest absolute Gasteiger partial charge is 0.242 e. The first kappa shape index (κ1) is 21.2. The quantitative estimate of drug-likeness (QED) is 0.644. The molecule has 170 valence electrons. The highest BCUT2D eigenvalue weighted by Gasteiger charge is 2.51. The normalized spacial score (nSPS) is 27.8. The van der Waals surface area contributed by atoms with Crippen molar-refractivity contribution in [2.24, 2.45) is 5.92 Å². The number of rotatable bonds is 7. The van der Waals surface area contributed by atoms with Gasteiger partial charge in [-0.25, -0.2) is 5.01 Å². The number of fused-ring (bicyclic) bond motifs is 3. The van der Waals surface area contributed by atoms with Crippen molar-refractivity contribution in [2.75, 3.05) is 13.1 Å². The molecule has 4 unspecified atom stereocenters. The first-order valence-electron chi connectivity index (χ1n) is 11.8. The molecular weight excluding hydrogens is 404 g/mol. The van der Waals surface area contributed by atoms with Crippen LogP contribution in [0.2, 0.25) is 0 Å². The molecule has 5 rings (SSSR count). The van der Waals surface area contributed by atoms with E-state index in [0.29, 0.717) is 13.1 Å². The number of hydrogen-bond donors (Lipinski definition) is 2. The Morgan fingerprint density at radius 2 is 2.00 bits per heavy atom. The van der Waals surface area contributed by atoms with Gasteiger partial charge in [0.1, 0.15) is 6.04 Å². The van der Waals surface area contributed by atoms with Crippen molar-refractivity contribution in [3.8, 4) is 0 Å². The molecule has 32 heavy (non-hydrogen) atoms. The first-order valence-corrected chi connectivity index (χ1v) is 11.8. The van der Waals surface area contributed by atoms with Gasteiger partial charge in [0, 0.05) is 56.6 Å². The van der Waals surface area contributed by atoms with Crippen LogP contribution in [0.25, 0.3) is 0 Å². The summed E-state index contributed by atoms with van der Waals surface area (Å²) in [6.45, 7) is 2.90. The fourth-order valence-electron chi connectivity index (χ4n) is 5.56. The molecule has 4 atom stereocenters. The van der Waals surface area contributed by atoms with Crippen LogP contribution in [0.1, 0.15) is 37.7 Å². The lowest BCUT2D eigenvalue weighted by atomic mass is 9.78. The standard InChI is InChI=1S/C24H32N6O2/c31-23(25-11-4-14-28-15-5-12-26-28)19-8-9-20-22(16-19)29(17-18-6-2-1-3-7-18)24(32)21-10-13-27-30(20)21/h1-3,5-7,12,15,19-22,27H,4,8-11,13-14,16-17H2,(H,25,31). The van der Waals surface area contributed by atoms with Crippen LogP contribution in [-0.2, 0) is 22.7 Å². The van der Waals surface area contributed by atoms with Crippen molar-refractivity contribution in [3.63, 3.8) is 0 Å². The number of amides is 2. The van der Waals surface area contributed by atoms with Crippen molar-refractivity contribution in [2.45, 2.75) is 63.3 Å². The highest BCUT2D eigenvalue weighted by atomic mass is 16.2. The van der Waals surface area contributed by atoms with E-state index in [1.807, 2.05) is 35.1 Å². The van der Waals surface area contributed by atoms with Gasteiger partial charge >= 0.3 is 0 Å². The fraction of sp³-hybridized carbons (Fsp3) is 0.542. The number of hydrazine groups is 1. The molecule has 2 N–H and O–H groups in total. The molecule has 2 saturated heterocycles. The predicted molar refractivity (Wildman–Crippen MR) is 120 cm³/mol. The number of nitrogens with one attached hydrogen (secondary N) is 2. The summed E-state index contributed by atoms with van der Waals surface area (Å²) in [5.74, 6) is 0.263. The van der Waals surface area contributed by atoms with Crippen molar-refractivity contribution >= 4 is 11.8 Å². The van der Waals surface area contributed by atoms with E-state index in [0.717, 1.165) is 50.8 Å². The summed E-state index contributed by atoms with van der Waals surface area (Å²) in [5.41, 5.74) is 4.59. The third-order valence-corrected chi connectivity index (χ3v) is 7.14. The van der Waals surface area contributed by atoms with Gasteiger partial charge in [-0.15, -0.1) is 0 Å². The molecule has 1 aromatic heterocycles. The largest absolute Gasteiger partial charge is 0.356 e. The van der Waals surface area contributed by atoms with E-state index in [2.05, 4.69) is 37.9 Å². The highest BCUT2D eigenvalue weighted by molar-refractivity contribution is 5.84. The molecule has 8 heteroatoms. The van der Waals surface area contributed by atoms with Gasteiger partial charge in [-0.2, -0.15) is 5.10 Å². The monoisotopic (exact) mass is 436 g/mol. The van der Waals surface area contributed by atoms with Crippen LogP contribution in [-0.4, -0.2) is 62.7 Å². The second-order valence-corrected chi connectivity index (χ2v) is 9.13. The van der Waals surface area contributed by atoms with Gasteiger partial charge in [0.05, 0.1) is 0 Å². The van der Waals surface area contributed by atoms with Gasteiger partial charge in [-0.3, -0.25) is 19.7 Å². The van der Waals surface area contributed by atoms with Crippen LogP contribution >= 0.6 is 0 Å². The number of aryl methyl sites for hydroxylation is 1. The Morgan fingerprint density at radius 1 is 1.12 bits per heavy atom. The number of benzene rings is 1. The van der Waals surface area contributed by atoms with Crippen LogP contribution in [0, 0.1) is 5.92 Å². The van der Waals surface area contributed by atoms with Crippen molar-refractivity contribution in [3.05, 3.63) is 54.4 Å². The maximum atomic E-state index is 13.4. The Balaban J connectivity index is 1.24. The van der Waals surface area contributed by atoms with E-state index in [1.54, 1.807) is 6.20 Å². The third-order valence-electron chi connectivity index (χ3n) is 7.14. The Morgan fingerprint density at radius 3 is 2.81 bits per heavy atom. The van der Waals surface area contributed by atoms with E-state index in [-0.39, 0.29) is 35.9 Å². The van der Waals surface area contributed by atoms with Crippen LogP contribution in [0.4, 0.5) is 0 Å². The number of nitrogens with zero attached hydrogens (tertiary/aromatic N) is 4. The summed E-state index contributed by atoms with van der Waals surface area (Å²) < 4.78 is 1.88. The van der Waals surface area contributed by atoms with Gasteiger partial charge in [0.25, 0.3) is 0 Å². The summed E-state index contributed by atoms with van der Waals surface area (Å²) in [6, 6.07) is 12.3. The van der Waals surface area contributed by atoms with Gasteiger partial charge in [-0.05, 0) is 43.7 Å². The molecule has 1 saturated carbocycles. The summed E-state index contributed by atoms with van der Waals surface area (Å²) in [6.07, 6.45) is 7.92. The van der Waals surface area contributed by atoms with E-state index >= 15 is 0 Å². The average Bonchev–Trinajstić information content (AvgIpc) is 3.52.